The first-order chi connectivity index (χ1) is 6.11. The molecule has 0 saturated carbocycles. The second-order valence-corrected chi connectivity index (χ2v) is 4.90. The second kappa shape index (κ2) is 4.03. The summed E-state index contributed by atoms with van der Waals surface area (Å²) in [4.78, 5) is 0. The molecule has 1 aliphatic heterocycles. The van der Waals surface area contributed by atoms with Crippen LogP contribution in [-0.4, -0.2) is 37.7 Å². The topological polar surface area (TPSA) is 61.2 Å². The molecule has 1 rings (SSSR count). The summed E-state index contributed by atoms with van der Waals surface area (Å²) in [5.41, 5.74) is 0. The van der Waals surface area contributed by atoms with E-state index in [9.17, 15) is 12.8 Å². The molecule has 13 heavy (non-hydrogen) atoms. The number of nitrogens with zero attached hydrogens (tertiary/aromatic N) is 2. The third kappa shape index (κ3) is 2.17. The fraction of sp³-hybridized carbons (Fsp3) is 0.857. The maximum Gasteiger partial charge on any atom is 0.227 e. The highest BCUT2D eigenvalue weighted by atomic mass is 32.2. The number of alkyl halides is 1. The van der Waals surface area contributed by atoms with Gasteiger partial charge in [-0.15, -0.1) is 0 Å². The van der Waals surface area contributed by atoms with Crippen LogP contribution >= 0.6 is 0 Å². The van der Waals surface area contributed by atoms with Crippen LogP contribution in [0.2, 0.25) is 0 Å². The Balaban J connectivity index is 2.77. The normalized spacial score (nSPS) is 24.5. The van der Waals surface area contributed by atoms with Crippen molar-refractivity contribution in [2.45, 2.75) is 18.9 Å². The molecule has 0 bridgehead atoms. The van der Waals surface area contributed by atoms with E-state index < -0.39 is 28.5 Å². The highest BCUT2D eigenvalue weighted by Crippen LogP contribution is 2.21. The fourth-order valence-electron chi connectivity index (χ4n) is 1.49. The minimum absolute atomic E-state index is 0.346. The third-order valence-corrected chi connectivity index (χ3v) is 3.79. The first-order valence-electron chi connectivity index (χ1n) is 4.04. The number of hydrogen-bond donors (Lipinski definition) is 0. The molecule has 74 valence electrons. The molecule has 0 aromatic carbocycles. The Morgan fingerprint density at radius 1 is 1.62 bits per heavy atom. The van der Waals surface area contributed by atoms with Crippen molar-refractivity contribution in [3.63, 3.8) is 0 Å². The van der Waals surface area contributed by atoms with Gasteiger partial charge < -0.3 is 0 Å². The van der Waals surface area contributed by atoms with Crippen molar-refractivity contribution in [1.82, 2.24) is 4.31 Å². The molecule has 1 unspecified atom stereocenters. The van der Waals surface area contributed by atoms with Crippen molar-refractivity contribution in [2.75, 3.05) is 19.0 Å². The van der Waals surface area contributed by atoms with Gasteiger partial charge in [0.1, 0.15) is 6.67 Å². The van der Waals surface area contributed by atoms with Gasteiger partial charge in [0.25, 0.3) is 0 Å². The van der Waals surface area contributed by atoms with Crippen LogP contribution in [-0.2, 0) is 10.0 Å². The Bertz CT molecular complexity index is 309. The molecule has 0 spiro atoms. The minimum Gasteiger partial charge on any atom is -0.249 e. The lowest BCUT2D eigenvalue weighted by Crippen LogP contribution is -2.37. The minimum atomic E-state index is -3.54. The summed E-state index contributed by atoms with van der Waals surface area (Å²) in [7, 11) is -3.54. The Morgan fingerprint density at radius 3 is 2.85 bits per heavy atom. The molecular weight excluding hydrogens is 195 g/mol. The van der Waals surface area contributed by atoms with Crippen LogP contribution in [0.3, 0.4) is 0 Å². The molecule has 1 saturated heterocycles. The van der Waals surface area contributed by atoms with E-state index in [1.165, 1.54) is 0 Å². The van der Waals surface area contributed by atoms with Gasteiger partial charge in [-0.1, -0.05) is 0 Å². The molecule has 0 radical (unpaired) electrons. The van der Waals surface area contributed by atoms with Gasteiger partial charge in [0, 0.05) is 6.54 Å². The van der Waals surface area contributed by atoms with Gasteiger partial charge in [0.05, 0.1) is 12.1 Å². The predicted octanol–water partition coefficient (Wildman–Crippen LogP) is 0.274. The Kier molecular flexibility index (Phi) is 3.22. The zero-order chi connectivity index (χ0) is 9.90. The van der Waals surface area contributed by atoms with E-state index in [0.29, 0.717) is 19.4 Å². The summed E-state index contributed by atoms with van der Waals surface area (Å²) in [6.07, 6.45) is 1.24. The third-order valence-electron chi connectivity index (χ3n) is 2.11. The van der Waals surface area contributed by atoms with E-state index in [-0.39, 0.29) is 0 Å². The van der Waals surface area contributed by atoms with Crippen molar-refractivity contribution in [3.8, 4) is 6.07 Å². The molecule has 0 aliphatic carbocycles. The van der Waals surface area contributed by atoms with E-state index >= 15 is 0 Å². The van der Waals surface area contributed by atoms with Crippen LogP contribution in [0.4, 0.5) is 4.39 Å². The predicted molar refractivity (Wildman–Crippen MR) is 45.1 cm³/mol. The van der Waals surface area contributed by atoms with E-state index in [0.717, 1.165) is 4.31 Å². The summed E-state index contributed by atoms with van der Waals surface area (Å²) in [6.45, 7) is -0.316. The monoisotopic (exact) mass is 206 g/mol. The molecule has 0 N–H and O–H groups in total. The van der Waals surface area contributed by atoms with E-state index in [4.69, 9.17) is 5.26 Å². The standard InChI is InChI=1S/C7H11FN2O2S/c8-6-7-2-1-4-10(7)13(11,12)5-3-9/h7H,1-2,4-6H2. The zero-order valence-corrected chi connectivity index (χ0v) is 7.93. The van der Waals surface area contributed by atoms with Crippen LogP contribution in [0.15, 0.2) is 0 Å². The summed E-state index contributed by atoms with van der Waals surface area (Å²) >= 11 is 0. The van der Waals surface area contributed by atoms with Gasteiger partial charge in [0.15, 0.2) is 5.75 Å². The summed E-state index contributed by atoms with van der Waals surface area (Å²) in [5, 5.41) is 8.27. The van der Waals surface area contributed by atoms with Crippen molar-refractivity contribution in [1.29, 1.82) is 5.26 Å². The van der Waals surface area contributed by atoms with Crippen molar-refractivity contribution >= 4 is 10.0 Å². The van der Waals surface area contributed by atoms with Crippen molar-refractivity contribution < 1.29 is 12.8 Å². The lowest BCUT2D eigenvalue weighted by Gasteiger charge is -2.19. The summed E-state index contributed by atoms with van der Waals surface area (Å²) < 4.78 is 36.1. The van der Waals surface area contributed by atoms with Gasteiger partial charge in [-0.25, -0.2) is 12.8 Å². The second-order valence-electron chi connectivity index (χ2n) is 2.98. The highest BCUT2D eigenvalue weighted by Gasteiger charge is 2.33. The lowest BCUT2D eigenvalue weighted by molar-refractivity contribution is 0.312. The molecule has 1 aliphatic rings. The van der Waals surface area contributed by atoms with E-state index in [1.807, 2.05) is 0 Å². The molecule has 1 heterocycles. The maximum atomic E-state index is 12.3. The molecule has 0 aromatic rings. The van der Waals surface area contributed by atoms with Crippen LogP contribution in [0.5, 0.6) is 0 Å². The molecule has 1 atom stereocenters. The number of rotatable bonds is 3. The maximum absolute atomic E-state index is 12.3. The van der Waals surface area contributed by atoms with Gasteiger partial charge in [-0.2, -0.15) is 9.57 Å². The van der Waals surface area contributed by atoms with Gasteiger partial charge >= 0.3 is 0 Å². The molecule has 0 aromatic heterocycles. The first-order valence-corrected chi connectivity index (χ1v) is 5.65. The summed E-state index contributed by atoms with van der Waals surface area (Å²) in [6, 6.07) is 1.03. The van der Waals surface area contributed by atoms with E-state index in [2.05, 4.69) is 0 Å². The molecular formula is C7H11FN2O2S. The number of sulfonamides is 1. The van der Waals surface area contributed by atoms with Crippen LogP contribution in [0.1, 0.15) is 12.8 Å². The SMILES string of the molecule is N#CCS(=O)(=O)N1CCCC1CF. The van der Waals surface area contributed by atoms with Crippen molar-refractivity contribution in [3.05, 3.63) is 0 Å². The van der Waals surface area contributed by atoms with Gasteiger partial charge in [-0.3, -0.25) is 0 Å². The first kappa shape index (κ1) is 10.4. The average Bonchev–Trinajstić information content (AvgIpc) is 2.51. The quantitative estimate of drug-likeness (QED) is 0.666. The molecule has 4 nitrogen and oxygen atoms in total. The Labute approximate surface area is 77.0 Å². The fourth-order valence-corrected chi connectivity index (χ4v) is 2.85. The van der Waals surface area contributed by atoms with E-state index in [1.54, 1.807) is 6.07 Å². The Hall–Kier alpha value is -0.670. The molecule has 6 heteroatoms. The number of nitriles is 1. The van der Waals surface area contributed by atoms with Gasteiger partial charge in [0.2, 0.25) is 10.0 Å². The molecule has 0 amide bonds. The largest absolute Gasteiger partial charge is 0.249 e. The number of hydrogen-bond acceptors (Lipinski definition) is 3. The van der Waals surface area contributed by atoms with Gasteiger partial charge in [-0.05, 0) is 12.8 Å². The zero-order valence-electron chi connectivity index (χ0n) is 7.11. The van der Waals surface area contributed by atoms with Crippen molar-refractivity contribution in [2.24, 2.45) is 0 Å². The van der Waals surface area contributed by atoms with Crippen LogP contribution in [0.25, 0.3) is 0 Å². The smallest absolute Gasteiger partial charge is 0.227 e. The molecule has 1 fully saturated rings. The van der Waals surface area contributed by atoms with Crippen LogP contribution < -0.4 is 0 Å². The van der Waals surface area contributed by atoms with Crippen LogP contribution in [0, 0.1) is 11.3 Å². The number of halogens is 1. The summed E-state index contributed by atoms with van der Waals surface area (Å²) in [5.74, 6) is -0.552. The Morgan fingerprint density at radius 2 is 2.31 bits per heavy atom. The lowest BCUT2D eigenvalue weighted by atomic mass is 10.2. The highest BCUT2D eigenvalue weighted by molar-refractivity contribution is 7.89. The average molecular weight is 206 g/mol.